The minimum Gasteiger partial charge on any atom is -0.328 e. The van der Waals surface area contributed by atoms with Gasteiger partial charge < -0.3 is 10.3 Å². The summed E-state index contributed by atoms with van der Waals surface area (Å²) in [5.74, 6) is 0.727. The number of pyridine rings is 1. The largest absolute Gasteiger partial charge is 0.328 e. The number of hydrogen-bond acceptors (Lipinski definition) is 3. The van der Waals surface area contributed by atoms with Crippen LogP contribution < -0.4 is 5.73 Å². The first-order chi connectivity index (χ1) is 8.40. The summed E-state index contributed by atoms with van der Waals surface area (Å²) in [7, 11) is 0. The average molecular weight is 228 g/mol. The van der Waals surface area contributed by atoms with Gasteiger partial charge in [0.25, 0.3) is 0 Å². The quantitative estimate of drug-likeness (QED) is 0.869. The summed E-state index contributed by atoms with van der Waals surface area (Å²) < 4.78 is 2.20. The van der Waals surface area contributed by atoms with Crippen molar-refractivity contribution >= 4 is 0 Å². The lowest BCUT2D eigenvalue weighted by Crippen LogP contribution is -2.21. The Labute approximate surface area is 101 Å². The first kappa shape index (κ1) is 10.5. The molecule has 2 N–H and O–H groups in total. The molecule has 1 atom stereocenters. The first-order valence-electron chi connectivity index (χ1n) is 6.02. The number of aromatic nitrogens is 3. The Kier molecular flexibility index (Phi) is 2.65. The van der Waals surface area contributed by atoms with Crippen molar-refractivity contribution < 1.29 is 0 Å². The fourth-order valence-electron chi connectivity index (χ4n) is 2.32. The van der Waals surface area contributed by atoms with E-state index in [-0.39, 0.29) is 0 Å². The van der Waals surface area contributed by atoms with Crippen LogP contribution in [0.2, 0.25) is 0 Å². The van der Waals surface area contributed by atoms with Gasteiger partial charge in [0.2, 0.25) is 0 Å². The van der Waals surface area contributed by atoms with Crippen LogP contribution in [0.25, 0.3) is 11.3 Å². The van der Waals surface area contributed by atoms with E-state index in [0.29, 0.717) is 12.6 Å². The molecule has 4 nitrogen and oxygen atoms in total. The van der Waals surface area contributed by atoms with Crippen molar-refractivity contribution in [3.05, 3.63) is 37.1 Å². The zero-order chi connectivity index (χ0) is 11.7. The van der Waals surface area contributed by atoms with Crippen LogP contribution in [0, 0.1) is 5.92 Å². The molecule has 0 amide bonds. The molecular formula is C13H16N4. The third-order valence-corrected chi connectivity index (χ3v) is 3.39. The summed E-state index contributed by atoms with van der Waals surface area (Å²) in [5, 5.41) is 0. The lowest BCUT2D eigenvalue weighted by molar-refractivity contribution is 0.458. The van der Waals surface area contributed by atoms with Crippen molar-refractivity contribution in [2.45, 2.75) is 18.9 Å². The van der Waals surface area contributed by atoms with Crippen molar-refractivity contribution in [3.8, 4) is 11.3 Å². The number of nitrogens with two attached hydrogens (primary N) is 1. The topological polar surface area (TPSA) is 56.7 Å². The fraction of sp³-hybridized carbons (Fsp3) is 0.385. The van der Waals surface area contributed by atoms with Gasteiger partial charge in [-0.05, 0) is 30.9 Å². The maximum absolute atomic E-state index is 5.89. The number of nitrogens with zero attached hydrogens (tertiary/aromatic N) is 3. The van der Waals surface area contributed by atoms with Crippen LogP contribution in [0.3, 0.4) is 0 Å². The molecule has 2 aromatic heterocycles. The summed E-state index contributed by atoms with van der Waals surface area (Å²) >= 11 is 0. The number of imidazole rings is 1. The maximum Gasteiger partial charge on any atom is 0.0954 e. The summed E-state index contributed by atoms with van der Waals surface area (Å²) in [6.07, 6.45) is 10.00. The molecule has 0 aromatic carbocycles. The van der Waals surface area contributed by atoms with Gasteiger partial charge in [-0.15, -0.1) is 0 Å². The van der Waals surface area contributed by atoms with E-state index in [2.05, 4.69) is 20.6 Å². The minimum absolute atomic E-state index is 0.382. The van der Waals surface area contributed by atoms with Crippen molar-refractivity contribution in [3.63, 3.8) is 0 Å². The van der Waals surface area contributed by atoms with Gasteiger partial charge in [0, 0.05) is 24.5 Å². The highest BCUT2D eigenvalue weighted by Gasteiger charge is 2.32. The molecule has 0 saturated heterocycles. The molecule has 2 aromatic rings. The lowest BCUT2D eigenvalue weighted by Gasteiger charge is -2.18. The second kappa shape index (κ2) is 4.30. The van der Waals surface area contributed by atoms with Gasteiger partial charge >= 0.3 is 0 Å². The Morgan fingerprint density at radius 2 is 2.24 bits per heavy atom. The molecule has 1 unspecified atom stereocenters. The molecule has 0 bridgehead atoms. The van der Waals surface area contributed by atoms with Gasteiger partial charge in [-0.3, -0.25) is 4.98 Å². The van der Waals surface area contributed by atoms with Gasteiger partial charge in [-0.25, -0.2) is 4.98 Å². The van der Waals surface area contributed by atoms with Crippen LogP contribution >= 0.6 is 0 Å². The molecule has 0 aliphatic heterocycles. The van der Waals surface area contributed by atoms with E-state index in [1.54, 1.807) is 6.20 Å². The smallest absolute Gasteiger partial charge is 0.0954 e. The maximum atomic E-state index is 5.89. The van der Waals surface area contributed by atoms with E-state index in [9.17, 15) is 0 Å². The minimum atomic E-state index is 0.382. The van der Waals surface area contributed by atoms with Crippen molar-refractivity contribution in [2.24, 2.45) is 11.7 Å². The summed E-state index contributed by atoms with van der Waals surface area (Å²) in [6.45, 7) is 0.675. The van der Waals surface area contributed by atoms with Crippen LogP contribution in [0.5, 0.6) is 0 Å². The third-order valence-electron chi connectivity index (χ3n) is 3.39. The molecule has 1 fully saturated rings. The molecule has 3 rings (SSSR count). The van der Waals surface area contributed by atoms with Crippen LogP contribution in [-0.4, -0.2) is 21.1 Å². The molecular weight excluding hydrogens is 212 g/mol. The van der Waals surface area contributed by atoms with Gasteiger partial charge in [0.1, 0.15) is 0 Å². The van der Waals surface area contributed by atoms with Crippen molar-refractivity contribution in [1.29, 1.82) is 0 Å². The molecule has 0 spiro atoms. The normalized spacial score (nSPS) is 17.0. The molecule has 1 aliphatic carbocycles. The van der Waals surface area contributed by atoms with E-state index < -0.39 is 0 Å². The monoisotopic (exact) mass is 228 g/mol. The molecule has 2 heterocycles. The van der Waals surface area contributed by atoms with E-state index in [4.69, 9.17) is 5.73 Å². The van der Waals surface area contributed by atoms with Gasteiger partial charge in [0.05, 0.1) is 24.3 Å². The van der Waals surface area contributed by atoms with Gasteiger partial charge in [-0.2, -0.15) is 0 Å². The van der Waals surface area contributed by atoms with Crippen molar-refractivity contribution in [2.75, 3.05) is 6.54 Å². The second-order valence-electron chi connectivity index (χ2n) is 4.57. The zero-order valence-electron chi connectivity index (χ0n) is 9.66. The van der Waals surface area contributed by atoms with Crippen molar-refractivity contribution in [1.82, 2.24) is 14.5 Å². The fourth-order valence-corrected chi connectivity index (χ4v) is 2.32. The predicted molar refractivity (Wildman–Crippen MR) is 66.3 cm³/mol. The molecule has 1 saturated carbocycles. The van der Waals surface area contributed by atoms with E-state index in [1.165, 1.54) is 12.8 Å². The lowest BCUT2D eigenvalue weighted by atomic mass is 10.1. The molecule has 17 heavy (non-hydrogen) atoms. The molecule has 1 aliphatic rings. The van der Waals surface area contributed by atoms with Crippen LogP contribution in [0.4, 0.5) is 0 Å². The Morgan fingerprint density at radius 3 is 2.88 bits per heavy atom. The Morgan fingerprint density at radius 1 is 1.35 bits per heavy atom. The highest BCUT2D eigenvalue weighted by molar-refractivity contribution is 5.57. The van der Waals surface area contributed by atoms with Crippen LogP contribution in [0.1, 0.15) is 18.9 Å². The second-order valence-corrected chi connectivity index (χ2v) is 4.57. The van der Waals surface area contributed by atoms with E-state index in [1.807, 2.05) is 24.8 Å². The summed E-state index contributed by atoms with van der Waals surface area (Å²) in [6, 6.07) is 4.38. The Hall–Kier alpha value is -1.68. The third kappa shape index (κ3) is 1.96. The first-order valence-corrected chi connectivity index (χ1v) is 6.02. The van der Waals surface area contributed by atoms with E-state index in [0.717, 1.165) is 17.2 Å². The zero-order valence-corrected chi connectivity index (χ0v) is 9.66. The van der Waals surface area contributed by atoms with Gasteiger partial charge in [-0.1, -0.05) is 0 Å². The Balaban J connectivity index is 1.98. The molecule has 88 valence electrons. The Bertz CT molecular complexity index is 487. The highest BCUT2D eigenvalue weighted by atomic mass is 15.1. The number of rotatable bonds is 4. The standard InChI is InChI=1S/C13H16N4/c14-6-12(10-3-4-10)17-9-16-8-13(17)11-2-1-5-15-7-11/h1-2,5,7-10,12H,3-4,6,14H2. The molecule has 0 radical (unpaired) electrons. The van der Waals surface area contributed by atoms with E-state index >= 15 is 0 Å². The SMILES string of the molecule is NCC(C1CC1)n1cncc1-c1cccnc1. The van der Waals surface area contributed by atoms with Gasteiger partial charge in [0.15, 0.2) is 0 Å². The highest BCUT2D eigenvalue weighted by Crippen LogP contribution is 2.40. The summed E-state index contributed by atoms with van der Waals surface area (Å²) in [4.78, 5) is 8.41. The predicted octanol–water partition coefficient (Wildman–Crippen LogP) is 1.85. The average Bonchev–Trinajstić information content (AvgIpc) is 3.09. The summed E-state index contributed by atoms with van der Waals surface area (Å²) in [5.41, 5.74) is 8.10. The molecule has 4 heteroatoms. The van der Waals surface area contributed by atoms with Crippen LogP contribution in [0.15, 0.2) is 37.1 Å². The van der Waals surface area contributed by atoms with Crippen LogP contribution in [-0.2, 0) is 0 Å². The number of hydrogen-bond donors (Lipinski definition) is 1.